The van der Waals surface area contributed by atoms with Gasteiger partial charge in [0, 0.05) is 12.0 Å². The van der Waals surface area contributed by atoms with E-state index in [4.69, 9.17) is 0 Å². The van der Waals surface area contributed by atoms with Gasteiger partial charge in [0.2, 0.25) is 0 Å². The molecule has 17 heavy (non-hydrogen) atoms. The Morgan fingerprint density at radius 1 is 1.41 bits per heavy atom. The minimum Gasteiger partial charge on any atom is -0.313 e. The molecule has 1 nitrogen and oxygen atoms in total. The van der Waals surface area contributed by atoms with Gasteiger partial charge in [0.25, 0.3) is 0 Å². The molecule has 1 N–H and O–H groups in total. The van der Waals surface area contributed by atoms with Gasteiger partial charge in [0.15, 0.2) is 0 Å². The normalized spacial score (nSPS) is 24.5. The van der Waals surface area contributed by atoms with E-state index in [9.17, 15) is 4.39 Å². The second-order valence-corrected chi connectivity index (χ2v) is 5.59. The van der Waals surface area contributed by atoms with Crippen molar-refractivity contribution in [3.63, 3.8) is 0 Å². The van der Waals surface area contributed by atoms with Crippen LogP contribution in [0.5, 0.6) is 0 Å². The Labute approximate surface area is 103 Å². The molecule has 1 heterocycles. The quantitative estimate of drug-likeness (QED) is 0.843. The molecular weight excluding hydrogens is 213 g/mol. The van der Waals surface area contributed by atoms with Gasteiger partial charge >= 0.3 is 0 Å². The number of halogens is 1. The summed E-state index contributed by atoms with van der Waals surface area (Å²) in [6.45, 7) is 7.36. The van der Waals surface area contributed by atoms with Crippen LogP contribution in [0.4, 0.5) is 4.39 Å². The summed E-state index contributed by atoms with van der Waals surface area (Å²) < 4.78 is 13.6. The molecule has 1 aromatic carbocycles. The predicted octanol–water partition coefficient (Wildman–Crippen LogP) is 3.63. The summed E-state index contributed by atoms with van der Waals surface area (Å²) in [6.07, 6.45) is 2.29. The SMILES string of the molecule is Cc1ccc(C2CCNC2CC(C)C)cc1F. The lowest BCUT2D eigenvalue weighted by atomic mass is 9.87. The third-order valence-corrected chi connectivity index (χ3v) is 3.70. The molecule has 1 aliphatic rings. The van der Waals surface area contributed by atoms with Crippen LogP contribution in [0.1, 0.15) is 43.7 Å². The van der Waals surface area contributed by atoms with Gasteiger partial charge in [-0.1, -0.05) is 26.0 Å². The van der Waals surface area contributed by atoms with E-state index in [-0.39, 0.29) is 5.82 Å². The van der Waals surface area contributed by atoms with Crippen LogP contribution < -0.4 is 5.32 Å². The van der Waals surface area contributed by atoms with Crippen LogP contribution in [-0.2, 0) is 0 Å². The summed E-state index contributed by atoms with van der Waals surface area (Å²) in [4.78, 5) is 0. The van der Waals surface area contributed by atoms with E-state index in [0.717, 1.165) is 24.1 Å². The van der Waals surface area contributed by atoms with E-state index in [2.05, 4.69) is 25.2 Å². The predicted molar refractivity (Wildman–Crippen MR) is 69.7 cm³/mol. The number of nitrogens with one attached hydrogen (secondary N) is 1. The molecule has 0 radical (unpaired) electrons. The minimum absolute atomic E-state index is 0.0716. The van der Waals surface area contributed by atoms with Gasteiger partial charge in [-0.05, 0) is 49.4 Å². The first-order valence-corrected chi connectivity index (χ1v) is 6.57. The lowest BCUT2D eigenvalue weighted by Crippen LogP contribution is -2.27. The zero-order valence-corrected chi connectivity index (χ0v) is 11.0. The fourth-order valence-corrected chi connectivity index (χ4v) is 2.76. The lowest BCUT2D eigenvalue weighted by Gasteiger charge is -2.22. The van der Waals surface area contributed by atoms with Gasteiger partial charge in [0.05, 0.1) is 0 Å². The van der Waals surface area contributed by atoms with E-state index >= 15 is 0 Å². The first kappa shape index (κ1) is 12.6. The Morgan fingerprint density at radius 2 is 2.18 bits per heavy atom. The van der Waals surface area contributed by atoms with Gasteiger partial charge < -0.3 is 5.32 Å². The molecule has 2 atom stereocenters. The van der Waals surface area contributed by atoms with E-state index in [1.807, 2.05) is 13.0 Å². The van der Waals surface area contributed by atoms with Gasteiger partial charge in [-0.25, -0.2) is 4.39 Å². The highest BCUT2D eigenvalue weighted by Gasteiger charge is 2.28. The molecule has 0 aliphatic carbocycles. The molecule has 1 aromatic rings. The molecule has 0 aromatic heterocycles. The molecule has 0 bridgehead atoms. The molecule has 0 saturated carbocycles. The molecule has 0 amide bonds. The lowest BCUT2D eigenvalue weighted by molar-refractivity contribution is 0.433. The molecule has 2 heteroatoms. The van der Waals surface area contributed by atoms with Crippen molar-refractivity contribution in [2.45, 2.75) is 45.6 Å². The maximum atomic E-state index is 13.6. The Balaban J connectivity index is 2.17. The Hall–Kier alpha value is -0.890. The Morgan fingerprint density at radius 3 is 2.82 bits per heavy atom. The number of hydrogen-bond acceptors (Lipinski definition) is 1. The summed E-state index contributed by atoms with van der Waals surface area (Å²) in [5.41, 5.74) is 1.89. The first-order valence-electron chi connectivity index (χ1n) is 6.57. The molecule has 94 valence electrons. The van der Waals surface area contributed by atoms with Gasteiger partial charge in [0.1, 0.15) is 5.82 Å². The van der Waals surface area contributed by atoms with Gasteiger partial charge in [-0.2, -0.15) is 0 Å². The van der Waals surface area contributed by atoms with Crippen LogP contribution in [0.3, 0.4) is 0 Å². The Kier molecular flexibility index (Phi) is 3.82. The van der Waals surface area contributed by atoms with E-state index < -0.39 is 0 Å². The zero-order valence-electron chi connectivity index (χ0n) is 11.0. The second kappa shape index (κ2) is 5.18. The van der Waals surface area contributed by atoms with Crippen molar-refractivity contribution < 1.29 is 4.39 Å². The third-order valence-electron chi connectivity index (χ3n) is 3.70. The summed E-state index contributed by atoms with van der Waals surface area (Å²) in [5.74, 6) is 1.09. The van der Waals surface area contributed by atoms with Crippen molar-refractivity contribution in [2.24, 2.45) is 5.92 Å². The van der Waals surface area contributed by atoms with Crippen LogP contribution >= 0.6 is 0 Å². The highest BCUT2D eigenvalue weighted by atomic mass is 19.1. The first-order chi connectivity index (χ1) is 8.08. The average molecular weight is 235 g/mol. The van der Waals surface area contributed by atoms with Gasteiger partial charge in [-0.15, -0.1) is 0 Å². The second-order valence-electron chi connectivity index (χ2n) is 5.59. The smallest absolute Gasteiger partial charge is 0.126 e. The topological polar surface area (TPSA) is 12.0 Å². The summed E-state index contributed by atoms with van der Waals surface area (Å²) in [5, 5.41) is 3.55. The maximum Gasteiger partial charge on any atom is 0.126 e. The summed E-state index contributed by atoms with van der Waals surface area (Å²) in [6, 6.07) is 6.22. The van der Waals surface area contributed by atoms with Crippen molar-refractivity contribution in [1.29, 1.82) is 0 Å². The van der Waals surface area contributed by atoms with E-state index in [0.29, 0.717) is 17.9 Å². The number of aryl methyl sites for hydroxylation is 1. The van der Waals surface area contributed by atoms with Crippen LogP contribution in [-0.4, -0.2) is 12.6 Å². The monoisotopic (exact) mass is 235 g/mol. The fraction of sp³-hybridized carbons (Fsp3) is 0.600. The highest BCUT2D eigenvalue weighted by Crippen LogP contribution is 2.31. The van der Waals surface area contributed by atoms with E-state index in [1.165, 1.54) is 6.42 Å². The maximum absolute atomic E-state index is 13.6. The largest absolute Gasteiger partial charge is 0.313 e. The molecule has 1 aliphatic heterocycles. The van der Waals surface area contributed by atoms with Crippen molar-refractivity contribution in [3.8, 4) is 0 Å². The average Bonchev–Trinajstić information content (AvgIpc) is 2.69. The summed E-state index contributed by atoms with van der Waals surface area (Å²) >= 11 is 0. The van der Waals surface area contributed by atoms with Crippen molar-refractivity contribution in [2.75, 3.05) is 6.54 Å². The minimum atomic E-state index is -0.0716. The van der Waals surface area contributed by atoms with Gasteiger partial charge in [-0.3, -0.25) is 0 Å². The molecule has 2 unspecified atom stereocenters. The fourth-order valence-electron chi connectivity index (χ4n) is 2.76. The van der Waals surface area contributed by atoms with E-state index in [1.54, 1.807) is 6.07 Å². The molecule has 0 spiro atoms. The highest BCUT2D eigenvalue weighted by molar-refractivity contribution is 5.28. The van der Waals surface area contributed by atoms with Crippen molar-refractivity contribution in [3.05, 3.63) is 35.1 Å². The van der Waals surface area contributed by atoms with Crippen molar-refractivity contribution >= 4 is 0 Å². The molecule has 1 saturated heterocycles. The molecular formula is C15H22FN. The van der Waals surface area contributed by atoms with Crippen LogP contribution in [0.15, 0.2) is 18.2 Å². The standard InChI is InChI=1S/C15H22FN/c1-10(2)8-15-13(6-7-17-15)12-5-4-11(3)14(16)9-12/h4-5,9-10,13,15,17H,6-8H2,1-3H3. The number of hydrogen-bond donors (Lipinski definition) is 1. The number of rotatable bonds is 3. The molecule has 1 fully saturated rings. The zero-order chi connectivity index (χ0) is 12.4. The van der Waals surface area contributed by atoms with Crippen LogP contribution in [0.25, 0.3) is 0 Å². The Bertz CT molecular complexity index is 387. The number of benzene rings is 1. The molecule has 2 rings (SSSR count). The van der Waals surface area contributed by atoms with Crippen molar-refractivity contribution in [1.82, 2.24) is 5.32 Å². The van der Waals surface area contributed by atoms with Crippen LogP contribution in [0.2, 0.25) is 0 Å². The summed E-state index contributed by atoms with van der Waals surface area (Å²) in [7, 11) is 0. The third kappa shape index (κ3) is 2.86. The van der Waals surface area contributed by atoms with Crippen LogP contribution in [0, 0.1) is 18.7 Å².